The van der Waals surface area contributed by atoms with E-state index in [2.05, 4.69) is 32.9 Å². The summed E-state index contributed by atoms with van der Waals surface area (Å²) in [5.74, 6) is -0.756. The van der Waals surface area contributed by atoms with Gasteiger partial charge in [-0.2, -0.15) is 5.26 Å². The predicted octanol–water partition coefficient (Wildman–Crippen LogP) is 6.21. The Hall–Kier alpha value is -5.56. The first-order chi connectivity index (χ1) is 19.6. The van der Waals surface area contributed by atoms with Crippen LogP contribution in [0.25, 0.3) is 33.3 Å². The summed E-state index contributed by atoms with van der Waals surface area (Å²) in [7, 11) is 1.82. The van der Waals surface area contributed by atoms with Gasteiger partial charge in [-0.3, -0.25) is 4.79 Å². The van der Waals surface area contributed by atoms with Crippen molar-refractivity contribution in [2.75, 3.05) is 11.1 Å². The molecule has 5 aromatic rings. The maximum Gasteiger partial charge on any atom is 0.322 e. The fourth-order valence-corrected chi connectivity index (χ4v) is 4.74. The van der Waals surface area contributed by atoms with Gasteiger partial charge < -0.3 is 20.4 Å². The molecule has 0 bridgehead atoms. The van der Waals surface area contributed by atoms with Gasteiger partial charge in [-0.25, -0.2) is 19.3 Å². The topological polar surface area (TPSA) is 132 Å². The molecule has 1 amide bonds. The second-order valence-corrected chi connectivity index (χ2v) is 9.67. The van der Waals surface area contributed by atoms with Crippen molar-refractivity contribution in [3.05, 3.63) is 89.6 Å². The minimum Gasteiger partial charge on any atom is -0.421 e. The van der Waals surface area contributed by atoms with Crippen LogP contribution in [-0.4, -0.2) is 25.4 Å². The maximum atomic E-state index is 15.5. The first-order valence-corrected chi connectivity index (χ1v) is 12.6. The molecule has 2 aromatic carbocycles. The van der Waals surface area contributed by atoms with Crippen molar-refractivity contribution < 1.29 is 13.9 Å². The Balaban J connectivity index is 1.71. The smallest absolute Gasteiger partial charge is 0.322 e. The van der Waals surface area contributed by atoms with E-state index >= 15 is 4.39 Å². The predicted molar refractivity (Wildman–Crippen MR) is 156 cm³/mol. The van der Waals surface area contributed by atoms with E-state index < -0.39 is 5.82 Å². The molecule has 0 radical (unpaired) electrons. The van der Waals surface area contributed by atoms with Crippen molar-refractivity contribution in [1.82, 2.24) is 19.5 Å². The molecule has 204 valence electrons. The van der Waals surface area contributed by atoms with Crippen LogP contribution in [0.1, 0.15) is 23.7 Å². The zero-order chi connectivity index (χ0) is 29.4. The van der Waals surface area contributed by atoms with Crippen molar-refractivity contribution in [2.45, 2.75) is 20.8 Å². The number of nitrogens with one attached hydrogen (secondary N) is 1. The van der Waals surface area contributed by atoms with Gasteiger partial charge in [-0.15, -0.1) is 0 Å². The molecule has 3 heterocycles. The van der Waals surface area contributed by atoms with Crippen molar-refractivity contribution in [1.29, 1.82) is 5.26 Å². The van der Waals surface area contributed by atoms with E-state index in [1.165, 1.54) is 24.5 Å². The number of anilines is 2. The SMILES string of the molecule is C=C(C)C(=O)Nc1ccc(-c2c(-c3ccc(Oc4nccc(C)n4)c(F)c3)c3c(N)ncc(C#N)c3n2C)c(C)c1. The second-order valence-electron chi connectivity index (χ2n) is 9.67. The highest BCUT2D eigenvalue weighted by atomic mass is 19.1. The summed E-state index contributed by atoms with van der Waals surface area (Å²) in [4.78, 5) is 24.6. The molecule has 0 aliphatic heterocycles. The molecule has 0 aliphatic rings. The first kappa shape index (κ1) is 27.0. The molecule has 9 nitrogen and oxygen atoms in total. The van der Waals surface area contributed by atoms with Crippen LogP contribution >= 0.6 is 0 Å². The molecule has 0 unspecified atom stereocenters. The van der Waals surface area contributed by atoms with Gasteiger partial charge in [-0.05, 0) is 62.2 Å². The lowest BCUT2D eigenvalue weighted by Gasteiger charge is -2.14. The molecule has 0 fully saturated rings. The molecule has 0 saturated heterocycles. The lowest BCUT2D eigenvalue weighted by Crippen LogP contribution is -2.11. The van der Waals surface area contributed by atoms with E-state index in [-0.39, 0.29) is 23.5 Å². The van der Waals surface area contributed by atoms with Crippen LogP contribution in [0.15, 0.2) is 67.0 Å². The molecular weight excluding hydrogens is 521 g/mol. The lowest BCUT2D eigenvalue weighted by molar-refractivity contribution is -0.112. The van der Waals surface area contributed by atoms with Gasteiger partial charge >= 0.3 is 6.01 Å². The number of carbonyl (C=O) groups is 1. The van der Waals surface area contributed by atoms with Gasteiger partial charge in [0.25, 0.3) is 5.91 Å². The number of pyridine rings is 1. The minimum absolute atomic E-state index is 0.0315. The molecule has 0 saturated carbocycles. The van der Waals surface area contributed by atoms with E-state index in [9.17, 15) is 10.1 Å². The molecule has 3 N–H and O–H groups in total. The number of aryl methyl sites for hydroxylation is 3. The molecule has 0 spiro atoms. The number of nitrogen functional groups attached to an aromatic ring is 1. The van der Waals surface area contributed by atoms with E-state index in [1.54, 1.807) is 32.0 Å². The second kappa shape index (κ2) is 10.5. The van der Waals surface area contributed by atoms with E-state index in [0.717, 1.165) is 11.1 Å². The fourth-order valence-electron chi connectivity index (χ4n) is 4.74. The van der Waals surface area contributed by atoms with Gasteiger partial charge in [0.15, 0.2) is 11.6 Å². The summed E-state index contributed by atoms with van der Waals surface area (Å²) in [6.45, 7) is 9.00. The fraction of sp³-hybridized carbons (Fsp3) is 0.129. The van der Waals surface area contributed by atoms with Crippen LogP contribution in [0.3, 0.4) is 0 Å². The number of halogens is 1. The number of carbonyl (C=O) groups excluding carboxylic acids is 1. The van der Waals surface area contributed by atoms with Crippen molar-refractivity contribution in [2.24, 2.45) is 7.05 Å². The quantitative estimate of drug-likeness (QED) is 0.241. The number of hydrogen-bond donors (Lipinski definition) is 2. The van der Waals surface area contributed by atoms with Gasteiger partial charge in [0.05, 0.1) is 22.2 Å². The molecule has 41 heavy (non-hydrogen) atoms. The number of nitrogens with zero attached hydrogens (tertiary/aromatic N) is 5. The zero-order valence-electron chi connectivity index (χ0n) is 22.9. The lowest BCUT2D eigenvalue weighted by atomic mass is 9.95. The number of hydrogen-bond acceptors (Lipinski definition) is 7. The van der Waals surface area contributed by atoms with Crippen molar-refractivity contribution in [3.63, 3.8) is 0 Å². The number of aromatic nitrogens is 4. The maximum absolute atomic E-state index is 15.5. The number of fused-ring (bicyclic) bond motifs is 1. The molecule has 3 aromatic heterocycles. The van der Waals surface area contributed by atoms with E-state index in [0.29, 0.717) is 50.2 Å². The number of nitriles is 1. The Bertz CT molecular complexity index is 1920. The number of nitrogens with two attached hydrogens (primary N) is 1. The molecule has 5 rings (SSSR count). The molecule has 10 heteroatoms. The van der Waals surface area contributed by atoms with Crippen molar-refractivity contribution >= 4 is 28.3 Å². The summed E-state index contributed by atoms with van der Waals surface area (Å²) < 4.78 is 23.0. The number of amides is 1. The Morgan fingerprint density at radius 3 is 2.61 bits per heavy atom. The molecule has 0 atom stereocenters. The van der Waals surface area contributed by atoms with Crippen LogP contribution in [0.2, 0.25) is 0 Å². The monoisotopic (exact) mass is 547 g/mol. The van der Waals surface area contributed by atoms with E-state index in [1.807, 2.05) is 30.7 Å². The average molecular weight is 548 g/mol. The summed E-state index contributed by atoms with van der Waals surface area (Å²) in [6, 6.07) is 14.0. The highest BCUT2D eigenvalue weighted by molar-refractivity contribution is 6.11. The van der Waals surface area contributed by atoms with Gasteiger partial charge in [0, 0.05) is 47.5 Å². The van der Waals surface area contributed by atoms with Crippen LogP contribution in [0, 0.1) is 31.0 Å². The Morgan fingerprint density at radius 1 is 1.17 bits per heavy atom. The summed E-state index contributed by atoms with van der Waals surface area (Å²) in [5.41, 5.74) is 12.4. The van der Waals surface area contributed by atoms with Crippen LogP contribution in [-0.2, 0) is 11.8 Å². The highest BCUT2D eigenvalue weighted by Crippen LogP contribution is 2.45. The van der Waals surface area contributed by atoms with E-state index in [4.69, 9.17) is 10.5 Å². The third-order valence-electron chi connectivity index (χ3n) is 6.68. The minimum atomic E-state index is -0.631. The molecule has 0 aliphatic carbocycles. The van der Waals surface area contributed by atoms with Crippen molar-refractivity contribution in [3.8, 4) is 40.2 Å². The van der Waals surface area contributed by atoms with Gasteiger partial charge in [0.2, 0.25) is 0 Å². The zero-order valence-corrected chi connectivity index (χ0v) is 22.9. The Morgan fingerprint density at radius 2 is 1.95 bits per heavy atom. The average Bonchev–Trinajstić information content (AvgIpc) is 3.24. The number of rotatable bonds is 6. The van der Waals surface area contributed by atoms with Crippen LogP contribution in [0.5, 0.6) is 11.8 Å². The van der Waals surface area contributed by atoms with Crippen LogP contribution in [0.4, 0.5) is 15.9 Å². The summed E-state index contributed by atoms with van der Waals surface area (Å²) in [6.07, 6.45) is 2.96. The van der Waals surface area contributed by atoms with Gasteiger partial charge in [0.1, 0.15) is 11.9 Å². The third-order valence-corrected chi connectivity index (χ3v) is 6.68. The first-order valence-electron chi connectivity index (χ1n) is 12.6. The third kappa shape index (κ3) is 4.96. The summed E-state index contributed by atoms with van der Waals surface area (Å²) in [5, 5.41) is 13.2. The summed E-state index contributed by atoms with van der Waals surface area (Å²) >= 11 is 0. The van der Waals surface area contributed by atoms with Gasteiger partial charge in [-0.1, -0.05) is 18.7 Å². The number of ether oxygens (including phenoxy) is 1. The standard InChI is InChI=1S/C31H26FN7O2/c1-16(2)30(40)38-21-7-8-22(17(3)12-21)28-25(26-27(39(28)5)20(14-33)15-36-29(26)34)19-6-9-24(23(32)13-19)41-31-35-11-10-18(4)37-31/h6-13,15H,1H2,2-5H3,(H2,34,36)(H,38,40). The van der Waals surface area contributed by atoms with Crippen LogP contribution < -0.4 is 15.8 Å². The molecular formula is C31H26FN7O2. The number of benzene rings is 2. The Kier molecular flexibility index (Phi) is 6.95. The Labute approximate surface area is 235 Å². The highest BCUT2D eigenvalue weighted by Gasteiger charge is 2.25. The largest absolute Gasteiger partial charge is 0.421 e. The normalized spacial score (nSPS) is 10.8.